The fourth-order valence-corrected chi connectivity index (χ4v) is 0. The van der Waals surface area contributed by atoms with E-state index < -0.39 is 6.63 Å². The SMILES string of the molecule is CP(Cl)Cl.NO.NO.NO.NO. The van der Waals surface area contributed by atoms with Crippen molar-refractivity contribution in [2.24, 2.45) is 23.6 Å². The molecule has 0 fully saturated rings. The van der Waals surface area contributed by atoms with Crippen LogP contribution in [0.4, 0.5) is 0 Å². The standard InChI is InChI=1S/CH3Cl2P.4H3NO/c1-4(2)3;4*1-2/h1H3;4*2H,1H2. The van der Waals surface area contributed by atoms with E-state index in [4.69, 9.17) is 43.3 Å². The summed E-state index contributed by atoms with van der Waals surface area (Å²) in [5.74, 6) is 14.0. The van der Waals surface area contributed by atoms with Gasteiger partial charge in [-0.15, -0.1) is 0 Å². The first-order valence-corrected chi connectivity index (χ1v) is 5.42. The Balaban J connectivity index is -0.0000000181. The third kappa shape index (κ3) is 2110. The quantitative estimate of drug-likeness (QED) is 0.213. The molecule has 82 valence electrons. The smallest absolute Gasteiger partial charge is 0.0823 e. The van der Waals surface area contributed by atoms with Crippen LogP contribution >= 0.6 is 29.1 Å². The molecule has 0 aliphatic heterocycles. The number of hydrogen-bond donors (Lipinski definition) is 8. The number of halogens is 2. The lowest BCUT2D eigenvalue weighted by Crippen LogP contribution is -1.72. The van der Waals surface area contributed by atoms with Crippen molar-refractivity contribution in [3.63, 3.8) is 0 Å². The highest BCUT2D eigenvalue weighted by molar-refractivity contribution is 8.03. The second-order valence-electron chi connectivity index (χ2n) is 0.402. The lowest BCUT2D eigenvalue weighted by Gasteiger charge is -1.72. The first-order chi connectivity index (χ1) is 5.73. The molecular weight excluding hydrogens is 234 g/mol. The first kappa shape index (κ1) is 29.3. The van der Waals surface area contributed by atoms with Gasteiger partial charge in [-0.3, -0.25) is 0 Å². The fourth-order valence-electron chi connectivity index (χ4n) is 0. The van der Waals surface area contributed by atoms with E-state index >= 15 is 0 Å². The van der Waals surface area contributed by atoms with Crippen molar-refractivity contribution >= 4 is 29.1 Å². The molecule has 8 nitrogen and oxygen atoms in total. The Morgan fingerprint density at radius 2 is 0.750 bits per heavy atom. The average Bonchev–Trinajstić information content (AvgIpc) is 2.16. The van der Waals surface area contributed by atoms with Crippen molar-refractivity contribution in [3.8, 4) is 0 Å². The molecule has 0 aromatic heterocycles. The minimum absolute atomic E-state index is 0.676. The van der Waals surface area contributed by atoms with Crippen LogP contribution in [0.3, 0.4) is 0 Å². The summed E-state index contributed by atoms with van der Waals surface area (Å²) < 4.78 is 0. The summed E-state index contributed by atoms with van der Waals surface area (Å²) in [5, 5.41) is 26.0. The van der Waals surface area contributed by atoms with Crippen LogP contribution in [0.25, 0.3) is 0 Å². The highest BCUT2D eigenvalue weighted by Gasteiger charge is 1.75. The molecule has 12 heavy (non-hydrogen) atoms. The zero-order valence-electron chi connectivity index (χ0n) is 6.30. The molecule has 0 saturated carbocycles. The maximum absolute atomic E-state index is 6.50. The number of hydrogen-bond acceptors (Lipinski definition) is 8. The van der Waals surface area contributed by atoms with E-state index in [0.29, 0.717) is 0 Å². The largest absolute Gasteiger partial charge is 0.320 e. The van der Waals surface area contributed by atoms with E-state index in [9.17, 15) is 0 Å². The second-order valence-corrected chi connectivity index (χ2v) is 4.77. The van der Waals surface area contributed by atoms with Gasteiger partial charge in [-0.1, -0.05) is 22.5 Å². The van der Waals surface area contributed by atoms with Crippen molar-refractivity contribution < 1.29 is 20.8 Å². The third-order valence-electron chi connectivity index (χ3n) is 0. The van der Waals surface area contributed by atoms with E-state index in [1.54, 1.807) is 6.66 Å². The van der Waals surface area contributed by atoms with Crippen LogP contribution in [0, 0.1) is 0 Å². The van der Waals surface area contributed by atoms with Gasteiger partial charge in [0.25, 0.3) is 0 Å². The Morgan fingerprint density at radius 3 is 0.750 bits per heavy atom. The summed E-state index contributed by atoms with van der Waals surface area (Å²) in [7, 11) is 0. The summed E-state index contributed by atoms with van der Waals surface area (Å²) in [4.78, 5) is 0. The molecule has 0 amide bonds. The van der Waals surface area contributed by atoms with Crippen molar-refractivity contribution in [1.29, 1.82) is 0 Å². The highest BCUT2D eigenvalue weighted by atomic mass is 35.9. The molecule has 0 heterocycles. The monoisotopic (exact) mass is 248 g/mol. The Bertz CT molecular complexity index is 29.8. The highest BCUT2D eigenvalue weighted by Crippen LogP contribution is 2.41. The average molecular weight is 249 g/mol. The third-order valence-corrected chi connectivity index (χ3v) is 0. The van der Waals surface area contributed by atoms with Crippen LogP contribution in [0.2, 0.25) is 0 Å². The van der Waals surface area contributed by atoms with Crippen LogP contribution in [-0.2, 0) is 0 Å². The Labute approximate surface area is 80.8 Å². The molecule has 0 aliphatic carbocycles. The molecule has 0 radical (unpaired) electrons. The Morgan fingerprint density at radius 1 is 0.750 bits per heavy atom. The Hall–Kier alpha value is 0.690. The molecule has 0 unspecified atom stereocenters. The normalized spacial score (nSPS) is 5.00. The summed E-state index contributed by atoms with van der Waals surface area (Å²) >= 11 is 10.2. The predicted octanol–water partition coefficient (Wildman–Crippen LogP) is -0.257. The van der Waals surface area contributed by atoms with Crippen LogP contribution in [0.5, 0.6) is 0 Å². The summed E-state index contributed by atoms with van der Waals surface area (Å²) in [6.07, 6.45) is 0. The summed E-state index contributed by atoms with van der Waals surface area (Å²) in [6.45, 7) is 1.09. The summed E-state index contributed by atoms with van der Waals surface area (Å²) in [6, 6.07) is 0. The van der Waals surface area contributed by atoms with Gasteiger partial charge in [0.2, 0.25) is 0 Å². The van der Waals surface area contributed by atoms with Gasteiger partial charge in [0.1, 0.15) is 0 Å². The van der Waals surface area contributed by atoms with Crippen LogP contribution in [0.1, 0.15) is 0 Å². The molecule has 0 rings (SSSR count). The van der Waals surface area contributed by atoms with Gasteiger partial charge >= 0.3 is 0 Å². The van der Waals surface area contributed by atoms with E-state index in [1.165, 1.54) is 0 Å². The second kappa shape index (κ2) is 98.1. The van der Waals surface area contributed by atoms with Gasteiger partial charge in [-0.05, 0) is 6.66 Å². The van der Waals surface area contributed by atoms with Gasteiger partial charge in [-0.2, -0.15) is 0 Å². The molecular formula is CH15Cl2N4O4P. The molecule has 0 aromatic carbocycles. The molecule has 0 aromatic rings. The molecule has 11 heteroatoms. The predicted molar refractivity (Wildman–Crippen MR) is 48.4 cm³/mol. The minimum atomic E-state index is -0.676. The maximum atomic E-state index is 6.50. The van der Waals surface area contributed by atoms with E-state index in [-0.39, 0.29) is 0 Å². The lowest BCUT2D eigenvalue weighted by molar-refractivity contribution is 0.311. The minimum Gasteiger partial charge on any atom is -0.320 e. The van der Waals surface area contributed by atoms with Crippen molar-refractivity contribution in [2.75, 3.05) is 6.66 Å². The van der Waals surface area contributed by atoms with E-state index in [0.717, 1.165) is 0 Å². The molecule has 12 N–H and O–H groups in total. The van der Waals surface area contributed by atoms with E-state index in [2.05, 4.69) is 23.6 Å². The van der Waals surface area contributed by atoms with Gasteiger partial charge in [0.15, 0.2) is 0 Å². The zero-order valence-corrected chi connectivity index (χ0v) is 8.71. The zero-order chi connectivity index (χ0) is 11.6. The summed E-state index contributed by atoms with van der Waals surface area (Å²) in [5.41, 5.74) is 0. The maximum Gasteiger partial charge on any atom is 0.0823 e. The van der Waals surface area contributed by atoms with Crippen LogP contribution in [-0.4, -0.2) is 27.5 Å². The first-order valence-electron chi connectivity index (χ1n) is 1.82. The molecule has 0 aliphatic rings. The topological polar surface area (TPSA) is 185 Å². The molecule has 0 saturated heterocycles. The van der Waals surface area contributed by atoms with Gasteiger partial charge in [-0.25, -0.2) is 23.6 Å². The van der Waals surface area contributed by atoms with Crippen molar-refractivity contribution in [1.82, 2.24) is 0 Å². The van der Waals surface area contributed by atoms with Gasteiger partial charge in [0.05, 0.1) is 6.63 Å². The number of nitrogens with two attached hydrogens (primary N) is 4. The molecule has 0 bridgehead atoms. The molecule has 0 atom stereocenters. The van der Waals surface area contributed by atoms with Crippen molar-refractivity contribution in [3.05, 3.63) is 0 Å². The van der Waals surface area contributed by atoms with Gasteiger partial charge < -0.3 is 20.8 Å². The fraction of sp³-hybridized carbons (Fsp3) is 1.00. The van der Waals surface area contributed by atoms with Crippen LogP contribution < -0.4 is 23.6 Å². The van der Waals surface area contributed by atoms with Crippen molar-refractivity contribution in [2.45, 2.75) is 0 Å². The van der Waals surface area contributed by atoms with Gasteiger partial charge in [0, 0.05) is 0 Å². The lowest BCUT2D eigenvalue weighted by atomic mass is 12.0. The van der Waals surface area contributed by atoms with Crippen LogP contribution in [0.15, 0.2) is 0 Å². The molecule has 0 spiro atoms. The Kier molecular flexibility index (Phi) is 240. The number of rotatable bonds is 0. The van der Waals surface area contributed by atoms with E-state index in [1.807, 2.05) is 0 Å².